The van der Waals surface area contributed by atoms with Crippen molar-refractivity contribution in [3.05, 3.63) is 47.5 Å². The minimum Gasteiger partial charge on any atom is -0.382 e. The predicted molar refractivity (Wildman–Crippen MR) is 119 cm³/mol. The molecule has 1 aliphatic heterocycles. The number of ether oxygens (including phenoxy) is 1. The molecule has 1 saturated heterocycles. The van der Waals surface area contributed by atoms with Crippen LogP contribution in [0.25, 0.3) is 0 Å². The van der Waals surface area contributed by atoms with E-state index < -0.39 is 0 Å². The molecule has 164 valence electrons. The van der Waals surface area contributed by atoms with Crippen LogP contribution in [0.5, 0.6) is 0 Å². The van der Waals surface area contributed by atoms with Crippen LogP contribution in [0.1, 0.15) is 30.6 Å². The maximum atomic E-state index is 5.46. The van der Waals surface area contributed by atoms with Crippen molar-refractivity contribution in [3.8, 4) is 0 Å². The lowest BCUT2D eigenvalue weighted by atomic mass is 10.2. The quantitative estimate of drug-likeness (QED) is 0.384. The number of aliphatic imine (C=N–C) groups is 1. The van der Waals surface area contributed by atoms with E-state index >= 15 is 0 Å². The molecule has 0 saturated carbocycles. The van der Waals surface area contributed by atoms with Crippen molar-refractivity contribution >= 4 is 5.96 Å². The fraction of sp³-hybridized carbons (Fsp3) is 0.591. The topological polar surface area (TPSA) is 70.8 Å². The first-order valence-electron chi connectivity index (χ1n) is 10.9. The summed E-state index contributed by atoms with van der Waals surface area (Å²) in [5, 5.41) is 11.9. The molecule has 0 aliphatic carbocycles. The number of nitrogens with zero attached hydrogens (tertiary/aromatic N) is 6. The van der Waals surface area contributed by atoms with Crippen LogP contribution in [0.3, 0.4) is 0 Å². The molecule has 1 N–H and O–H groups in total. The molecule has 2 aromatic rings. The molecule has 8 nitrogen and oxygen atoms in total. The van der Waals surface area contributed by atoms with E-state index in [0.717, 1.165) is 76.5 Å². The van der Waals surface area contributed by atoms with Gasteiger partial charge in [-0.1, -0.05) is 30.3 Å². The van der Waals surface area contributed by atoms with E-state index in [0.29, 0.717) is 6.54 Å². The second-order valence-corrected chi connectivity index (χ2v) is 7.59. The van der Waals surface area contributed by atoms with Gasteiger partial charge in [0.15, 0.2) is 11.8 Å². The Morgan fingerprint density at radius 3 is 2.57 bits per heavy atom. The van der Waals surface area contributed by atoms with Crippen molar-refractivity contribution in [2.24, 2.45) is 12.0 Å². The van der Waals surface area contributed by atoms with Gasteiger partial charge in [0.25, 0.3) is 0 Å². The Kier molecular flexibility index (Phi) is 8.65. The van der Waals surface area contributed by atoms with Gasteiger partial charge >= 0.3 is 0 Å². The summed E-state index contributed by atoms with van der Waals surface area (Å²) in [7, 11) is 1.98. The van der Waals surface area contributed by atoms with Gasteiger partial charge < -0.3 is 19.5 Å². The van der Waals surface area contributed by atoms with E-state index in [9.17, 15) is 0 Å². The summed E-state index contributed by atoms with van der Waals surface area (Å²) in [5.41, 5.74) is 1.37. The maximum absolute atomic E-state index is 5.46. The highest BCUT2D eigenvalue weighted by atomic mass is 16.5. The fourth-order valence-corrected chi connectivity index (χ4v) is 3.48. The van der Waals surface area contributed by atoms with E-state index in [1.807, 2.05) is 25.5 Å². The zero-order valence-electron chi connectivity index (χ0n) is 18.5. The lowest BCUT2D eigenvalue weighted by Crippen LogP contribution is -2.52. The summed E-state index contributed by atoms with van der Waals surface area (Å²) in [4.78, 5) is 9.72. The normalized spacial score (nSPS) is 15.6. The number of hydrogen-bond acceptors (Lipinski definition) is 5. The van der Waals surface area contributed by atoms with Gasteiger partial charge in [0.05, 0.1) is 0 Å². The predicted octanol–water partition coefficient (Wildman–Crippen LogP) is 1.81. The molecule has 0 spiro atoms. The van der Waals surface area contributed by atoms with Crippen molar-refractivity contribution in [2.75, 3.05) is 45.9 Å². The molecule has 8 heteroatoms. The summed E-state index contributed by atoms with van der Waals surface area (Å²) in [6.07, 6.45) is 0.962. The van der Waals surface area contributed by atoms with E-state index in [4.69, 9.17) is 9.73 Å². The van der Waals surface area contributed by atoms with Gasteiger partial charge in [-0.05, 0) is 25.8 Å². The Hall–Kier alpha value is -2.45. The number of guanidine groups is 1. The zero-order valence-corrected chi connectivity index (χ0v) is 18.5. The molecule has 0 radical (unpaired) electrons. The fourth-order valence-electron chi connectivity index (χ4n) is 3.48. The van der Waals surface area contributed by atoms with Crippen LogP contribution < -0.4 is 5.32 Å². The van der Waals surface area contributed by atoms with E-state index in [2.05, 4.69) is 55.6 Å². The Morgan fingerprint density at radius 2 is 1.90 bits per heavy atom. The van der Waals surface area contributed by atoms with Crippen molar-refractivity contribution in [1.82, 2.24) is 29.9 Å². The highest BCUT2D eigenvalue weighted by Gasteiger charge is 2.20. The number of piperazine rings is 1. The van der Waals surface area contributed by atoms with Crippen molar-refractivity contribution in [2.45, 2.75) is 33.4 Å². The Bertz CT molecular complexity index is 782. The number of nitrogens with one attached hydrogen (secondary N) is 1. The molecule has 0 atom stereocenters. The molecule has 1 aliphatic rings. The molecule has 2 heterocycles. The van der Waals surface area contributed by atoms with Crippen LogP contribution in [0.2, 0.25) is 0 Å². The van der Waals surface area contributed by atoms with Gasteiger partial charge in [0.1, 0.15) is 12.4 Å². The van der Waals surface area contributed by atoms with Crippen LogP contribution >= 0.6 is 0 Å². The Balaban J connectivity index is 1.57. The van der Waals surface area contributed by atoms with Crippen LogP contribution in [-0.4, -0.2) is 76.5 Å². The zero-order chi connectivity index (χ0) is 21.2. The number of rotatable bonds is 9. The summed E-state index contributed by atoms with van der Waals surface area (Å²) < 4.78 is 7.45. The molecule has 3 rings (SSSR count). The first-order chi connectivity index (χ1) is 14.7. The van der Waals surface area contributed by atoms with Crippen LogP contribution in [0.4, 0.5) is 0 Å². The second kappa shape index (κ2) is 11.7. The monoisotopic (exact) mass is 413 g/mol. The lowest BCUT2D eigenvalue weighted by molar-refractivity contribution is 0.145. The minimum absolute atomic E-state index is 0.523. The van der Waals surface area contributed by atoms with Gasteiger partial charge in [0.2, 0.25) is 0 Å². The molecule has 30 heavy (non-hydrogen) atoms. The Labute approximate surface area is 179 Å². The smallest absolute Gasteiger partial charge is 0.194 e. The van der Waals surface area contributed by atoms with E-state index in [1.165, 1.54) is 5.56 Å². The Morgan fingerprint density at radius 1 is 1.13 bits per heavy atom. The van der Waals surface area contributed by atoms with Gasteiger partial charge in [-0.3, -0.25) is 4.90 Å². The standard InChI is InChI=1S/C22H35N7O/c1-4-30-16-8-11-23-22(24-17-21-26-25-19(2)27(21)3)29-14-12-28(13-15-29)18-20-9-6-5-7-10-20/h5-7,9-10H,4,8,11-18H2,1-3H3,(H,23,24). The number of hydrogen-bond donors (Lipinski definition) is 1. The van der Waals surface area contributed by atoms with Crippen LogP contribution in [0.15, 0.2) is 35.3 Å². The molecule has 1 aromatic carbocycles. The maximum Gasteiger partial charge on any atom is 0.194 e. The molecule has 1 aromatic heterocycles. The van der Waals surface area contributed by atoms with Gasteiger partial charge in [-0.25, -0.2) is 4.99 Å². The average Bonchev–Trinajstić information content (AvgIpc) is 3.09. The third-order valence-electron chi connectivity index (χ3n) is 5.43. The van der Waals surface area contributed by atoms with Crippen molar-refractivity contribution in [1.29, 1.82) is 0 Å². The summed E-state index contributed by atoms with van der Waals surface area (Å²) in [6, 6.07) is 10.7. The first kappa shape index (κ1) is 22.2. The summed E-state index contributed by atoms with van der Waals surface area (Å²) in [5.74, 6) is 2.73. The molecule has 1 fully saturated rings. The molecule has 0 unspecified atom stereocenters. The van der Waals surface area contributed by atoms with E-state index in [1.54, 1.807) is 0 Å². The number of aryl methyl sites for hydroxylation is 1. The SMILES string of the molecule is CCOCCCNC(=NCc1nnc(C)n1C)N1CCN(Cc2ccccc2)CC1. The summed E-state index contributed by atoms with van der Waals surface area (Å²) in [6.45, 7) is 11.9. The van der Waals surface area contributed by atoms with E-state index in [-0.39, 0.29) is 0 Å². The highest BCUT2D eigenvalue weighted by molar-refractivity contribution is 5.80. The first-order valence-corrected chi connectivity index (χ1v) is 10.9. The number of aromatic nitrogens is 3. The largest absolute Gasteiger partial charge is 0.382 e. The third-order valence-corrected chi connectivity index (χ3v) is 5.43. The number of benzene rings is 1. The second-order valence-electron chi connectivity index (χ2n) is 7.59. The molecular formula is C22H35N7O. The average molecular weight is 414 g/mol. The van der Waals surface area contributed by atoms with Crippen LogP contribution in [-0.2, 0) is 24.9 Å². The van der Waals surface area contributed by atoms with Crippen molar-refractivity contribution in [3.63, 3.8) is 0 Å². The third kappa shape index (κ3) is 6.53. The van der Waals surface area contributed by atoms with Crippen LogP contribution in [0, 0.1) is 6.92 Å². The van der Waals surface area contributed by atoms with Gasteiger partial charge in [-0.2, -0.15) is 0 Å². The molecule has 0 bridgehead atoms. The van der Waals surface area contributed by atoms with Crippen molar-refractivity contribution < 1.29 is 4.74 Å². The summed E-state index contributed by atoms with van der Waals surface area (Å²) >= 11 is 0. The highest BCUT2D eigenvalue weighted by Crippen LogP contribution is 2.09. The van der Waals surface area contributed by atoms with Gasteiger partial charge in [-0.15, -0.1) is 10.2 Å². The molecule has 0 amide bonds. The minimum atomic E-state index is 0.523. The van der Waals surface area contributed by atoms with Gasteiger partial charge in [0, 0.05) is 59.5 Å². The lowest BCUT2D eigenvalue weighted by Gasteiger charge is -2.36. The molecular weight excluding hydrogens is 378 g/mol.